The molecule has 0 spiro atoms. The number of aryl methyl sites for hydroxylation is 2. The molecule has 3 aliphatic rings. The predicted molar refractivity (Wildman–Crippen MR) is 151 cm³/mol. The summed E-state index contributed by atoms with van der Waals surface area (Å²) in [6.07, 6.45) is -2.61. The highest BCUT2D eigenvalue weighted by Gasteiger charge is 2.55. The number of thiazole rings is 1. The van der Waals surface area contributed by atoms with Gasteiger partial charge in [0.1, 0.15) is 22.8 Å². The zero-order chi connectivity index (χ0) is 32.8. The Hall–Kier alpha value is -4.85. The highest BCUT2D eigenvalue weighted by Crippen LogP contribution is 2.42. The molecule has 0 aliphatic carbocycles. The first-order valence-electron chi connectivity index (χ1n) is 12.8. The van der Waals surface area contributed by atoms with E-state index in [-0.39, 0.29) is 40.7 Å². The molecule has 4 N–H and O–H groups in total. The number of ether oxygens (including phenoxy) is 1. The maximum absolute atomic E-state index is 13.3. The monoisotopic (exact) mass is 666 g/mol. The van der Waals surface area contributed by atoms with Crippen molar-refractivity contribution in [1.82, 2.24) is 25.2 Å². The fourth-order valence-corrected chi connectivity index (χ4v) is 6.62. The van der Waals surface area contributed by atoms with Gasteiger partial charge in [-0.25, -0.2) is 19.6 Å². The predicted octanol–water partition coefficient (Wildman–Crippen LogP) is 0.960. The summed E-state index contributed by atoms with van der Waals surface area (Å²) in [6, 6.07) is -1.32. The number of amides is 3. The lowest BCUT2D eigenvalue weighted by Gasteiger charge is -2.49. The number of oxime groups is 1. The number of thioether (sulfide) groups is 1. The minimum atomic E-state index is -5.51. The maximum atomic E-state index is 13.3. The third kappa shape index (κ3) is 5.97. The van der Waals surface area contributed by atoms with E-state index in [1.54, 1.807) is 13.8 Å². The molecular weight excluding hydrogens is 645 g/mol. The molecule has 20 heteroatoms. The second kappa shape index (κ2) is 11.9. The van der Waals surface area contributed by atoms with E-state index in [9.17, 15) is 42.4 Å². The lowest BCUT2D eigenvalue weighted by atomic mass is 10.0. The van der Waals surface area contributed by atoms with E-state index in [1.165, 1.54) is 22.6 Å². The van der Waals surface area contributed by atoms with E-state index in [2.05, 4.69) is 30.2 Å². The summed E-state index contributed by atoms with van der Waals surface area (Å²) < 4.78 is 42.9. The van der Waals surface area contributed by atoms with Crippen LogP contribution in [0.2, 0.25) is 0 Å². The summed E-state index contributed by atoms with van der Waals surface area (Å²) in [7, 11) is 0. The molecule has 5 rings (SSSR count). The quantitative estimate of drug-likeness (QED) is 0.0749. The van der Waals surface area contributed by atoms with Crippen molar-refractivity contribution in [2.24, 2.45) is 5.16 Å². The third-order valence-electron chi connectivity index (χ3n) is 6.74. The average Bonchev–Trinajstić information content (AvgIpc) is 3.56. The number of β-lactam (4-membered cyclic amide) rings is 1. The molecule has 2 atom stereocenters. The zero-order valence-corrected chi connectivity index (χ0v) is 24.7. The van der Waals surface area contributed by atoms with Crippen molar-refractivity contribution in [3.05, 3.63) is 51.6 Å². The number of fused-ring (bicyclic) bond motifs is 1. The van der Waals surface area contributed by atoms with Gasteiger partial charge in [0.2, 0.25) is 0 Å². The fraction of sp³-hybridized carbons (Fsp3) is 0.320. The highest BCUT2D eigenvalue weighted by molar-refractivity contribution is 8.00. The first kappa shape index (κ1) is 31.6. The van der Waals surface area contributed by atoms with Crippen molar-refractivity contribution in [2.75, 3.05) is 22.9 Å². The van der Waals surface area contributed by atoms with Gasteiger partial charge >= 0.3 is 18.1 Å². The van der Waals surface area contributed by atoms with Crippen LogP contribution in [0, 0.1) is 13.8 Å². The SMILES string of the molecule is Cc1cnc(N2CC/C(=C\C3=C(C(=O)OC(=O)C(F)(F)F)N4C(=O)[C@@H](NC(=O)/C(=N\O)c5csc(N)n5)[C@H]4SC3)C2=O)c(C)n1. The van der Waals surface area contributed by atoms with Crippen LogP contribution in [0.5, 0.6) is 0 Å². The number of esters is 2. The van der Waals surface area contributed by atoms with Crippen LogP contribution in [0.25, 0.3) is 0 Å². The number of rotatable bonds is 6. The van der Waals surface area contributed by atoms with Gasteiger partial charge in [-0.3, -0.25) is 29.2 Å². The summed E-state index contributed by atoms with van der Waals surface area (Å²) in [5.41, 5.74) is 5.43. The number of nitrogens with two attached hydrogens (primary N) is 1. The summed E-state index contributed by atoms with van der Waals surface area (Å²) >= 11 is 1.97. The zero-order valence-electron chi connectivity index (χ0n) is 23.1. The Bertz CT molecular complexity index is 1740. The van der Waals surface area contributed by atoms with Gasteiger partial charge in [0.15, 0.2) is 16.7 Å². The average molecular weight is 667 g/mol. The van der Waals surface area contributed by atoms with Gasteiger partial charge in [-0.2, -0.15) is 13.2 Å². The van der Waals surface area contributed by atoms with Gasteiger partial charge in [-0.05, 0) is 31.9 Å². The molecule has 0 bridgehead atoms. The topological polar surface area (TPSA) is 210 Å². The van der Waals surface area contributed by atoms with Crippen LogP contribution in [0.1, 0.15) is 23.5 Å². The van der Waals surface area contributed by atoms with Crippen molar-refractivity contribution in [3.63, 3.8) is 0 Å². The van der Waals surface area contributed by atoms with E-state index in [0.717, 1.165) is 28.0 Å². The maximum Gasteiger partial charge on any atom is 0.491 e. The van der Waals surface area contributed by atoms with Crippen LogP contribution < -0.4 is 16.0 Å². The van der Waals surface area contributed by atoms with Gasteiger partial charge in [-0.15, -0.1) is 23.1 Å². The molecule has 0 saturated carbocycles. The fourth-order valence-electron chi connectivity index (χ4n) is 4.77. The van der Waals surface area contributed by atoms with Crippen molar-refractivity contribution in [1.29, 1.82) is 0 Å². The summed E-state index contributed by atoms with van der Waals surface area (Å²) in [5.74, 6) is -6.88. The van der Waals surface area contributed by atoms with E-state index in [1.807, 2.05) is 0 Å². The van der Waals surface area contributed by atoms with Crippen molar-refractivity contribution in [3.8, 4) is 0 Å². The van der Waals surface area contributed by atoms with E-state index >= 15 is 0 Å². The van der Waals surface area contributed by atoms with Crippen molar-refractivity contribution >= 4 is 69.4 Å². The first-order chi connectivity index (χ1) is 21.2. The third-order valence-corrected chi connectivity index (χ3v) is 8.72. The van der Waals surface area contributed by atoms with Crippen LogP contribution in [0.3, 0.4) is 0 Å². The van der Waals surface area contributed by atoms with Crippen molar-refractivity contribution in [2.45, 2.75) is 37.9 Å². The van der Waals surface area contributed by atoms with Crippen LogP contribution in [-0.4, -0.2) is 90.3 Å². The Morgan fingerprint density at radius 2 is 1.98 bits per heavy atom. The number of carbonyl (C=O) groups is 5. The Labute approximate surface area is 259 Å². The van der Waals surface area contributed by atoms with Gasteiger partial charge < -0.3 is 21.0 Å². The Morgan fingerprint density at radius 3 is 2.60 bits per heavy atom. The summed E-state index contributed by atoms with van der Waals surface area (Å²) in [4.78, 5) is 78.4. The molecule has 0 unspecified atom stereocenters. The minimum Gasteiger partial charge on any atom is -0.410 e. The van der Waals surface area contributed by atoms with Crippen LogP contribution in [0.4, 0.5) is 24.1 Å². The largest absolute Gasteiger partial charge is 0.491 e. The summed E-state index contributed by atoms with van der Waals surface area (Å²) in [5, 5.41) is 15.0. The molecule has 3 amide bonds. The number of carbonyl (C=O) groups excluding carboxylic acids is 5. The summed E-state index contributed by atoms with van der Waals surface area (Å²) in [6.45, 7) is 3.59. The van der Waals surface area contributed by atoms with E-state index in [4.69, 9.17) is 5.73 Å². The van der Waals surface area contributed by atoms with Crippen LogP contribution in [-0.2, 0) is 28.7 Å². The Balaban J connectivity index is 1.44. The second-order valence-electron chi connectivity index (χ2n) is 9.73. The minimum absolute atomic E-state index is 0.0539. The van der Waals surface area contributed by atoms with Gasteiger partial charge in [0.25, 0.3) is 17.7 Å². The molecule has 5 heterocycles. The number of nitrogen functional groups attached to an aromatic ring is 1. The Morgan fingerprint density at radius 1 is 1.24 bits per heavy atom. The smallest absolute Gasteiger partial charge is 0.410 e. The van der Waals surface area contributed by atoms with E-state index in [0.29, 0.717) is 17.2 Å². The number of allylic oxidation sites excluding steroid dienone is 1. The molecule has 2 aromatic heterocycles. The Kier molecular flexibility index (Phi) is 8.36. The van der Waals surface area contributed by atoms with Gasteiger partial charge in [-0.1, -0.05) is 5.16 Å². The molecule has 15 nitrogen and oxygen atoms in total. The standard InChI is InChI=1S/C25H21F3N8O7S2/c1-9-6-30-17(10(2)31-9)35-4-3-11(19(35)38)5-12-7-44-21-15(33-18(37)14(34-42)13-8-45-24(29)32-13)20(39)36(21)16(12)22(40)43-23(41)25(26,27)28/h5-6,8,15,21,42H,3-4,7H2,1-2H3,(H2,29,32)(H,33,37)/b11-5+,34-14-/t15-,21-/m1/s1. The van der Waals surface area contributed by atoms with Gasteiger partial charge in [0, 0.05) is 23.3 Å². The highest BCUT2D eigenvalue weighted by atomic mass is 32.2. The van der Waals surface area contributed by atoms with Crippen molar-refractivity contribution < 1.29 is 47.1 Å². The molecule has 0 aromatic carbocycles. The molecule has 2 saturated heterocycles. The molecule has 2 fully saturated rings. The van der Waals surface area contributed by atoms with Crippen LogP contribution in [0.15, 0.2) is 39.7 Å². The number of aromatic nitrogens is 3. The second-order valence-corrected chi connectivity index (χ2v) is 11.7. The number of hydrogen-bond donors (Lipinski definition) is 3. The molecule has 2 aromatic rings. The molecule has 3 aliphatic heterocycles. The molecule has 236 valence electrons. The number of nitrogens with zero attached hydrogens (tertiary/aromatic N) is 6. The number of alkyl halides is 3. The number of nitrogens with one attached hydrogen (secondary N) is 1. The lowest BCUT2D eigenvalue weighted by Crippen LogP contribution is -2.71. The number of halogens is 3. The molecular formula is C25H21F3N8O7S2. The number of anilines is 2. The number of hydrogen-bond acceptors (Lipinski definition) is 14. The van der Waals surface area contributed by atoms with Crippen LogP contribution >= 0.6 is 23.1 Å². The molecule has 0 radical (unpaired) electrons. The van der Waals surface area contributed by atoms with E-state index < -0.39 is 58.7 Å². The lowest BCUT2D eigenvalue weighted by molar-refractivity contribution is -0.201. The van der Waals surface area contributed by atoms with Gasteiger partial charge in [0.05, 0.1) is 17.6 Å². The first-order valence-corrected chi connectivity index (χ1v) is 14.7. The molecule has 45 heavy (non-hydrogen) atoms. The normalized spacial score (nSPS) is 21.2.